The number of nitrogens with one attached hydrogen (secondary N) is 1. The van der Waals surface area contributed by atoms with E-state index >= 15 is 8.78 Å². The Kier molecular flexibility index (Phi) is 6.80. The molecule has 1 N–H and O–H groups in total. The first kappa shape index (κ1) is 24.1. The van der Waals surface area contributed by atoms with Gasteiger partial charge in [0.15, 0.2) is 11.5 Å². The highest BCUT2D eigenvalue weighted by atomic mass is 19.1. The summed E-state index contributed by atoms with van der Waals surface area (Å²) in [6.07, 6.45) is 0.421. The summed E-state index contributed by atoms with van der Waals surface area (Å²) in [4.78, 5) is 18.5. The van der Waals surface area contributed by atoms with Crippen LogP contribution in [0.1, 0.15) is 32.9 Å². The first-order valence-corrected chi connectivity index (χ1v) is 11.9. The molecule has 4 aromatic rings. The van der Waals surface area contributed by atoms with E-state index in [9.17, 15) is 4.79 Å². The molecular weight excluding hydrogens is 464 g/mol. The monoisotopic (exact) mass is 491 g/mol. The van der Waals surface area contributed by atoms with Gasteiger partial charge in [-0.05, 0) is 47.9 Å². The van der Waals surface area contributed by atoms with Crippen LogP contribution in [-0.2, 0) is 17.7 Å². The SMILES string of the molecule is CNC(=O)c1ccc(Cc2nc3cccc(-c4cc(F)c(CN5CCOCC5)c(F)c4)c3o2)cc1C. The number of nitrogens with zero attached hydrogens (tertiary/aromatic N) is 2. The highest BCUT2D eigenvalue weighted by Gasteiger charge is 2.20. The molecule has 1 aliphatic heterocycles. The van der Waals surface area contributed by atoms with Gasteiger partial charge in [-0.2, -0.15) is 0 Å². The maximum atomic E-state index is 15.0. The number of carbonyl (C=O) groups excluding carboxylic acids is 1. The summed E-state index contributed by atoms with van der Waals surface area (Å²) in [6.45, 7) is 4.51. The van der Waals surface area contributed by atoms with Crippen molar-refractivity contribution in [3.05, 3.63) is 88.3 Å². The minimum atomic E-state index is -0.583. The maximum absolute atomic E-state index is 15.0. The number of benzene rings is 3. The minimum absolute atomic E-state index is 0.0571. The Morgan fingerprint density at radius 1 is 1.08 bits per heavy atom. The molecule has 2 heterocycles. The number of para-hydroxylation sites is 1. The lowest BCUT2D eigenvalue weighted by atomic mass is 10.0. The fourth-order valence-corrected chi connectivity index (χ4v) is 4.59. The first-order valence-electron chi connectivity index (χ1n) is 11.9. The van der Waals surface area contributed by atoms with E-state index in [1.807, 2.05) is 30.0 Å². The van der Waals surface area contributed by atoms with Crippen LogP contribution in [0, 0.1) is 18.6 Å². The molecule has 0 unspecified atom stereocenters. The van der Waals surface area contributed by atoms with Gasteiger partial charge >= 0.3 is 0 Å². The molecule has 1 aliphatic rings. The van der Waals surface area contributed by atoms with E-state index in [-0.39, 0.29) is 18.0 Å². The van der Waals surface area contributed by atoms with Crippen LogP contribution in [0.15, 0.2) is 52.9 Å². The second-order valence-corrected chi connectivity index (χ2v) is 8.97. The molecule has 1 saturated heterocycles. The lowest BCUT2D eigenvalue weighted by Gasteiger charge is -2.26. The van der Waals surface area contributed by atoms with Crippen LogP contribution >= 0.6 is 0 Å². The number of carbonyl (C=O) groups is 1. The lowest BCUT2D eigenvalue weighted by Crippen LogP contribution is -2.36. The Morgan fingerprint density at radius 3 is 2.53 bits per heavy atom. The zero-order valence-corrected chi connectivity index (χ0v) is 20.2. The van der Waals surface area contributed by atoms with Gasteiger partial charge in [-0.15, -0.1) is 0 Å². The van der Waals surface area contributed by atoms with E-state index in [4.69, 9.17) is 9.15 Å². The Labute approximate surface area is 207 Å². The molecule has 0 radical (unpaired) electrons. The number of amides is 1. The van der Waals surface area contributed by atoms with Crippen molar-refractivity contribution in [1.82, 2.24) is 15.2 Å². The fraction of sp³-hybridized carbons (Fsp3) is 0.286. The number of rotatable bonds is 6. The van der Waals surface area contributed by atoms with Gasteiger partial charge in [0, 0.05) is 49.8 Å². The quantitative estimate of drug-likeness (QED) is 0.417. The normalized spacial score (nSPS) is 14.3. The predicted octanol–water partition coefficient (Wildman–Crippen LogP) is 4.86. The van der Waals surface area contributed by atoms with Crippen molar-refractivity contribution in [2.45, 2.75) is 19.9 Å². The van der Waals surface area contributed by atoms with E-state index in [1.54, 1.807) is 25.2 Å². The van der Waals surface area contributed by atoms with E-state index in [0.29, 0.717) is 66.4 Å². The summed E-state index contributed by atoms with van der Waals surface area (Å²) in [5.74, 6) is -0.824. The number of aryl methyl sites for hydroxylation is 1. The van der Waals surface area contributed by atoms with Crippen molar-refractivity contribution in [3.63, 3.8) is 0 Å². The summed E-state index contributed by atoms with van der Waals surface area (Å²) in [5, 5.41) is 2.63. The van der Waals surface area contributed by atoms with Crippen molar-refractivity contribution >= 4 is 17.0 Å². The van der Waals surface area contributed by atoms with Gasteiger partial charge in [-0.25, -0.2) is 13.8 Å². The molecule has 1 aromatic heterocycles. The molecular formula is C28H27F2N3O3. The van der Waals surface area contributed by atoms with Crippen LogP contribution in [0.3, 0.4) is 0 Å². The molecule has 0 spiro atoms. The zero-order chi connectivity index (χ0) is 25.2. The molecule has 5 rings (SSSR count). The molecule has 3 aromatic carbocycles. The van der Waals surface area contributed by atoms with Crippen LogP contribution in [0.25, 0.3) is 22.2 Å². The highest BCUT2D eigenvalue weighted by Crippen LogP contribution is 2.32. The minimum Gasteiger partial charge on any atom is -0.440 e. The topological polar surface area (TPSA) is 67.6 Å². The molecule has 1 amide bonds. The number of morpholine rings is 1. The third-order valence-corrected chi connectivity index (χ3v) is 6.51. The summed E-state index contributed by atoms with van der Waals surface area (Å²) < 4.78 is 41.4. The smallest absolute Gasteiger partial charge is 0.251 e. The summed E-state index contributed by atoms with van der Waals surface area (Å²) >= 11 is 0. The summed E-state index contributed by atoms with van der Waals surface area (Å²) in [7, 11) is 1.60. The number of hydrogen-bond donors (Lipinski definition) is 1. The van der Waals surface area contributed by atoms with Crippen molar-refractivity contribution in [1.29, 1.82) is 0 Å². The van der Waals surface area contributed by atoms with Crippen molar-refractivity contribution in [2.24, 2.45) is 0 Å². The Hall–Kier alpha value is -3.62. The largest absolute Gasteiger partial charge is 0.440 e. The third-order valence-electron chi connectivity index (χ3n) is 6.51. The average molecular weight is 492 g/mol. The van der Waals surface area contributed by atoms with Crippen LogP contribution in [0.5, 0.6) is 0 Å². The maximum Gasteiger partial charge on any atom is 0.251 e. The van der Waals surface area contributed by atoms with Gasteiger partial charge in [0.05, 0.1) is 13.2 Å². The van der Waals surface area contributed by atoms with Crippen LogP contribution in [0.4, 0.5) is 8.78 Å². The fourth-order valence-electron chi connectivity index (χ4n) is 4.59. The van der Waals surface area contributed by atoms with E-state index < -0.39 is 11.6 Å². The van der Waals surface area contributed by atoms with Gasteiger partial charge in [-0.3, -0.25) is 9.69 Å². The van der Waals surface area contributed by atoms with Crippen LogP contribution < -0.4 is 5.32 Å². The second kappa shape index (κ2) is 10.2. The summed E-state index contributed by atoms with van der Waals surface area (Å²) in [6, 6.07) is 13.7. The number of oxazole rings is 1. The predicted molar refractivity (Wildman–Crippen MR) is 133 cm³/mol. The molecule has 1 fully saturated rings. The molecule has 0 saturated carbocycles. The first-order chi connectivity index (χ1) is 17.4. The molecule has 0 atom stereocenters. The second-order valence-electron chi connectivity index (χ2n) is 8.97. The van der Waals surface area contributed by atoms with E-state index in [0.717, 1.165) is 11.1 Å². The number of aromatic nitrogens is 1. The molecule has 36 heavy (non-hydrogen) atoms. The van der Waals surface area contributed by atoms with Gasteiger partial charge in [-0.1, -0.05) is 24.3 Å². The van der Waals surface area contributed by atoms with Crippen LogP contribution in [0.2, 0.25) is 0 Å². The van der Waals surface area contributed by atoms with Gasteiger partial charge in [0.1, 0.15) is 17.2 Å². The zero-order valence-electron chi connectivity index (χ0n) is 20.2. The van der Waals surface area contributed by atoms with E-state index in [2.05, 4.69) is 10.3 Å². The van der Waals surface area contributed by atoms with Gasteiger partial charge in [0.25, 0.3) is 5.91 Å². The molecule has 0 aliphatic carbocycles. The molecule has 186 valence electrons. The van der Waals surface area contributed by atoms with Gasteiger partial charge < -0.3 is 14.5 Å². The number of halogens is 2. The Bertz CT molecular complexity index is 1400. The van der Waals surface area contributed by atoms with Crippen LogP contribution in [-0.4, -0.2) is 49.1 Å². The van der Waals surface area contributed by atoms with Crippen molar-refractivity contribution in [2.75, 3.05) is 33.4 Å². The third kappa shape index (κ3) is 4.87. The standard InChI is InChI=1S/C28H27F2N3O3/c1-17-12-18(6-7-20(17)28(34)31-2)13-26-32-25-5-3-4-21(27(25)36-26)19-14-23(29)22(24(30)15-19)16-33-8-10-35-11-9-33/h3-7,12,14-15H,8-11,13,16H2,1-2H3,(H,31,34). The Morgan fingerprint density at radius 2 is 1.83 bits per heavy atom. The number of fused-ring (bicyclic) bond motifs is 1. The number of ether oxygens (including phenoxy) is 1. The lowest BCUT2D eigenvalue weighted by molar-refractivity contribution is 0.0332. The average Bonchev–Trinajstić information content (AvgIpc) is 3.29. The van der Waals surface area contributed by atoms with Crippen molar-refractivity contribution < 1.29 is 22.7 Å². The molecule has 0 bridgehead atoms. The number of hydrogen-bond acceptors (Lipinski definition) is 5. The summed E-state index contributed by atoms with van der Waals surface area (Å²) in [5.41, 5.74) is 4.53. The Balaban J connectivity index is 1.43. The van der Waals surface area contributed by atoms with Crippen molar-refractivity contribution in [3.8, 4) is 11.1 Å². The molecule has 6 nitrogen and oxygen atoms in total. The molecule has 8 heteroatoms. The van der Waals surface area contributed by atoms with E-state index in [1.165, 1.54) is 12.1 Å². The highest BCUT2D eigenvalue weighted by molar-refractivity contribution is 5.95. The van der Waals surface area contributed by atoms with Gasteiger partial charge in [0.2, 0.25) is 0 Å².